The molecule has 0 aliphatic carbocycles. The molecule has 0 saturated carbocycles. The topological polar surface area (TPSA) is 98.0 Å². The second-order valence-corrected chi connectivity index (χ2v) is 7.58. The number of carbonyl (C=O) groups excluding carboxylic acids is 2. The summed E-state index contributed by atoms with van der Waals surface area (Å²) in [5.41, 5.74) is 6.99. The van der Waals surface area contributed by atoms with Gasteiger partial charge in [-0.3, -0.25) is 19.5 Å². The lowest BCUT2D eigenvalue weighted by atomic mass is 10.2. The van der Waals surface area contributed by atoms with Crippen molar-refractivity contribution in [3.8, 4) is 5.75 Å². The van der Waals surface area contributed by atoms with Gasteiger partial charge in [0.1, 0.15) is 5.75 Å². The van der Waals surface area contributed by atoms with Crippen molar-refractivity contribution in [2.75, 3.05) is 46.0 Å². The van der Waals surface area contributed by atoms with E-state index in [0.29, 0.717) is 18.8 Å². The van der Waals surface area contributed by atoms with Gasteiger partial charge in [-0.2, -0.15) is 0 Å². The number of ether oxygens (including phenoxy) is 2. The number of aromatic nitrogens is 1. The van der Waals surface area contributed by atoms with Crippen LogP contribution in [0.25, 0.3) is 6.08 Å². The van der Waals surface area contributed by atoms with E-state index in [4.69, 9.17) is 15.2 Å². The predicted octanol–water partition coefficient (Wildman–Crippen LogP) is 1.71. The van der Waals surface area contributed by atoms with E-state index in [-0.39, 0.29) is 12.5 Å². The lowest BCUT2D eigenvalue weighted by Gasteiger charge is -2.28. The number of nitrogens with zero attached hydrogens (tertiary/aromatic N) is 3. The fourth-order valence-electron chi connectivity index (χ4n) is 3.39. The van der Waals surface area contributed by atoms with E-state index < -0.39 is 5.91 Å². The van der Waals surface area contributed by atoms with Gasteiger partial charge in [-0.1, -0.05) is 12.1 Å². The minimum Gasteiger partial charge on any atom is -0.484 e. The van der Waals surface area contributed by atoms with Crippen LogP contribution < -0.4 is 10.5 Å². The van der Waals surface area contributed by atoms with Crippen LogP contribution >= 0.6 is 0 Å². The number of amides is 2. The Morgan fingerprint density at radius 3 is 2.53 bits per heavy atom. The average molecular weight is 439 g/mol. The number of carbonyl (C=O) groups is 2. The van der Waals surface area contributed by atoms with Crippen LogP contribution in [0.2, 0.25) is 0 Å². The largest absolute Gasteiger partial charge is 0.484 e. The minimum absolute atomic E-state index is 0.0437. The second-order valence-electron chi connectivity index (χ2n) is 7.58. The Balaban J connectivity index is 1.58. The van der Waals surface area contributed by atoms with E-state index in [9.17, 15) is 9.59 Å². The third-order valence-electron chi connectivity index (χ3n) is 5.12. The van der Waals surface area contributed by atoms with E-state index in [1.807, 2.05) is 29.2 Å². The zero-order chi connectivity index (χ0) is 22.6. The molecule has 1 aromatic carbocycles. The van der Waals surface area contributed by atoms with Gasteiger partial charge in [0.25, 0.3) is 5.91 Å². The molecule has 0 radical (unpaired) electrons. The molecular weight excluding hydrogens is 408 g/mol. The molecule has 8 nitrogen and oxygen atoms in total. The highest BCUT2D eigenvalue weighted by Crippen LogP contribution is 2.14. The number of primary amides is 1. The zero-order valence-electron chi connectivity index (χ0n) is 18.2. The Kier molecular flexibility index (Phi) is 9.21. The van der Waals surface area contributed by atoms with Gasteiger partial charge in [0.05, 0.1) is 13.2 Å². The van der Waals surface area contributed by atoms with Gasteiger partial charge in [0.2, 0.25) is 5.91 Å². The quantitative estimate of drug-likeness (QED) is 0.537. The summed E-state index contributed by atoms with van der Waals surface area (Å²) in [6.07, 6.45) is 7.75. The normalized spacial score (nSPS) is 14.4. The Labute approximate surface area is 188 Å². The van der Waals surface area contributed by atoms with Crippen molar-refractivity contribution in [3.63, 3.8) is 0 Å². The molecule has 0 bridgehead atoms. The van der Waals surface area contributed by atoms with Crippen molar-refractivity contribution in [2.24, 2.45) is 5.73 Å². The van der Waals surface area contributed by atoms with E-state index in [0.717, 1.165) is 50.4 Å². The van der Waals surface area contributed by atoms with E-state index in [2.05, 4.69) is 9.88 Å². The lowest BCUT2D eigenvalue weighted by molar-refractivity contribution is -0.126. The molecule has 0 atom stereocenters. The molecule has 1 fully saturated rings. The minimum atomic E-state index is -0.525. The molecule has 0 unspecified atom stereocenters. The lowest BCUT2D eigenvalue weighted by Crippen LogP contribution is -2.38. The molecule has 8 heteroatoms. The highest BCUT2D eigenvalue weighted by Gasteiger charge is 2.14. The molecule has 0 spiro atoms. The molecule has 3 rings (SSSR count). The number of rotatable bonds is 11. The number of hydrogen-bond donors (Lipinski definition) is 1. The van der Waals surface area contributed by atoms with Crippen molar-refractivity contribution in [2.45, 2.75) is 13.0 Å². The monoisotopic (exact) mass is 438 g/mol. The van der Waals surface area contributed by atoms with Crippen molar-refractivity contribution in [1.82, 2.24) is 14.8 Å². The Morgan fingerprint density at radius 2 is 1.84 bits per heavy atom. The Hall–Kier alpha value is -3.23. The number of hydrogen-bond acceptors (Lipinski definition) is 6. The molecule has 170 valence electrons. The number of benzene rings is 1. The maximum atomic E-state index is 13.0. The van der Waals surface area contributed by atoms with Gasteiger partial charge < -0.3 is 20.1 Å². The summed E-state index contributed by atoms with van der Waals surface area (Å²) in [4.78, 5) is 32.1. The first kappa shape index (κ1) is 23.4. The maximum absolute atomic E-state index is 13.0. The summed E-state index contributed by atoms with van der Waals surface area (Å²) >= 11 is 0. The molecule has 2 N–H and O–H groups in total. The number of nitrogens with two attached hydrogens (primary N) is 1. The van der Waals surface area contributed by atoms with Crippen LogP contribution in [0.15, 0.2) is 54.9 Å². The smallest absolute Gasteiger partial charge is 0.255 e. The summed E-state index contributed by atoms with van der Waals surface area (Å²) in [7, 11) is 0. The molecule has 32 heavy (non-hydrogen) atoms. The first-order valence-electron chi connectivity index (χ1n) is 10.8. The molecule has 2 heterocycles. The molecule has 1 aliphatic heterocycles. The van der Waals surface area contributed by atoms with Crippen LogP contribution in [0.1, 0.15) is 17.5 Å². The standard InChI is InChI=1S/C24H30N4O4/c25-23(29)19-32-22-5-2-20(3-6-22)4-7-24(30)28(18-21-8-10-26-11-9-21)13-1-12-27-14-16-31-17-15-27/h2-11H,1,12-19H2,(H2,25,29)/b7-4+. The maximum Gasteiger partial charge on any atom is 0.255 e. The second kappa shape index (κ2) is 12.6. The molecule has 2 amide bonds. The van der Waals surface area contributed by atoms with Crippen LogP contribution in [0.4, 0.5) is 0 Å². The van der Waals surface area contributed by atoms with Crippen molar-refractivity contribution in [1.29, 1.82) is 0 Å². The highest BCUT2D eigenvalue weighted by molar-refractivity contribution is 5.91. The van der Waals surface area contributed by atoms with Crippen LogP contribution in [0.3, 0.4) is 0 Å². The predicted molar refractivity (Wildman–Crippen MR) is 122 cm³/mol. The number of morpholine rings is 1. The van der Waals surface area contributed by atoms with Crippen molar-refractivity contribution in [3.05, 3.63) is 66.0 Å². The van der Waals surface area contributed by atoms with E-state index in [1.165, 1.54) is 0 Å². The summed E-state index contributed by atoms with van der Waals surface area (Å²) < 4.78 is 10.7. The summed E-state index contributed by atoms with van der Waals surface area (Å²) in [5.74, 6) is -0.0185. The Bertz CT molecular complexity index is 881. The van der Waals surface area contributed by atoms with Crippen LogP contribution in [0, 0.1) is 0 Å². The zero-order valence-corrected chi connectivity index (χ0v) is 18.2. The van der Waals surface area contributed by atoms with E-state index >= 15 is 0 Å². The third kappa shape index (κ3) is 8.13. The molecular formula is C24H30N4O4. The van der Waals surface area contributed by atoms with Crippen molar-refractivity contribution >= 4 is 17.9 Å². The van der Waals surface area contributed by atoms with Crippen molar-refractivity contribution < 1.29 is 19.1 Å². The highest BCUT2D eigenvalue weighted by atomic mass is 16.5. The van der Waals surface area contributed by atoms with Gasteiger partial charge in [-0.25, -0.2) is 0 Å². The molecule has 1 aliphatic rings. The van der Waals surface area contributed by atoms with Crippen LogP contribution in [0.5, 0.6) is 5.75 Å². The van der Waals surface area contributed by atoms with Gasteiger partial charge >= 0.3 is 0 Å². The SMILES string of the molecule is NC(=O)COc1ccc(/C=C/C(=O)N(CCCN2CCOCC2)Cc2ccncc2)cc1. The average Bonchev–Trinajstić information content (AvgIpc) is 2.82. The summed E-state index contributed by atoms with van der Waals surface area (Å²) in [6, 6.07) is 11.0. The van der Waals surface area contributed by atoms with Gasteiger partial charge in [-0.15, -0.1) is 0 Å². The summed E-state index contributed by atoms with van der Waals surface area (Å²) in [6.45, 7) is 5.41. The van der Waals surface area contributed by atoms with Crippen LogP contribution in [-0.2, 0) is 20.9 Å². The fraction of sp³-hybridized carbons (Fsp3) is 0.375. The van der Waals surface area contributed by atoms with Gasteiger partial charge in [0.15, 0.2) is 6.61 Å². The van der Waals surface area contributed by atoms with Gasteiger partial charge in [-0.05, 0) is 47.9 Å². The number of pyridine rings is 1. The first-order valence-corrected chi connectivity index (χ1v) is 10.8. The molecule has 1 saturated heterocycles. The van der Waals surface area contributed by atoms with Crippen LogP contribution in [-0.4, -0.2) is 72.6 Å². The van der Waals surface area contributed by atoms with E-state index in [1.54, 1.807) is 36.7 Å². The fourth-order valence-corrected chi connectivity index (χ4v) is 3.39. The molecule has 2 aromatic rings. The third-order valence-corrected chi connectivity index (χ3v) is 5.12. The first-order chi connectivity index (χ1) is 15.6. The molecule has 1 aromatic heterocycles. The summed E-state index contributed by atoms with van der Waals surface area (Å²) in [5, 5.41) is 0. The Morgan fingerprint density at radius 1 is 1.12 bits per heavy atom. The van der Waals surface area contributed by atoms with Gasteiger partial charge in [0, 0.05) is 51.2 Å².